The predicted molar refractivity (Wildman–Crippen MR) is 122 cm³/mol. The summed E-state index contributed by atoms with van der Waals surface area (Å²) in [5, 5.41) is 9.63. The van der Waals surface area contributed by atoms with Gasteiger partial charge in [0.2, 0.25) is 5.91 Å². The molecule has 1 heterocycles. The first kappa shape index (κ1) is 23.7. The molecule has 2 unspecified atom stereocenters. The Morgan fingerprint density at radius 1 is 1.33 bits per heavy atom. The number of nitrogens with one attached hydrogen (secondary N) is 3. The molecule has 1 aliphatic heterocycles. The lowest BCUT2D eigenvalue weighted by atomic mass is 9.90. The Hall–Kier alpha value is -1.35. The maximum Gasteiger partial charge on any atom is 0.225 e. The number of carbonyl (C=O) groups is 1. The smallest absolute Gasteiger partial charge is 0.225 e. The van der Waals surface area contributed by atoms with Gasteiger partial charge in [0.25, 0.3) is 0 Å². The zero-order chi connectivity index (χ0) is 18.9. The van der Waals surface area contributed by atoms with Gasteiger partial charge in [0, 0.05) is 44.8 Å². The minimum Gasteiger partial charge on any atom is -0.378 e. The number of anilines is 1. The molecule has 0 fully saturated rings. The number of rotatable bonds is 8. The molecule has 0 aliphatic carbocycles. The molecule has 1 aliphatic rings. The van der Waals surface area contributed by atoms with E-state index in [0.717, 1.165) is 31.2 Å². The third kappa shape index (κ3) is 7.29. The predicted octanol–water partition coefficient (Wildman–Crippen LogP) is 3.35. The Kier molecular flexibility index (Phi) is 10.7. The standard InChI is InChI=1S/C20H32N4O2.HI/c1-5-26-18(14(2)3)10-11-22-20(21-4)23-13-15-12-19(25)24-17-9-7-6-8-16(15)17;/h6-9,14-15,18H,5,10-13H2,1-4H3,(H,24,25)(H2,21,22,23);1H. The molecular weight excluding hydrogens is 455 g/mol. The molecule has 0 radical (unpaired) electrons. The first-order chi connectivity index (χ1) is 12.5. The number of para-hydroxylation sites is 1. The highest BCUT2D eigenvalue weighted by Gasteiger charge is 2.24. The van der Waals surface area contributed by atoms with Crippen LogP contribution in [0, 0.1) is 5.92 Å². The topological polar surface area (TPSA) is 74.8 Å². The lowest BCUT2D eigenvalue weighted by Crippen LogP contribution is -2.42. The first-order valence-corrected chi connectivity index (χ1v) is 9.50. The summed E-state index contributed by atoms with van der Waals surface area (Å²) < 4.78 is 5.78. The number of carbonyl (C=O) groups excluding carboxylic acids is 1. The molecule has 0 bridgehead atoms. The van der Waals surface area contributed by atoms with Crippen LogP contribution < -0.4 is 16.0 Å². The van der Waals surface area contributed by atoms with Gasteiger partial charge < -0.3 is 20.7 Å². The number of amides is 1. The van der Waals surface area contributed by atoms with Crippen molar-refractivity contribution in [3.05, 3.63) is 29.8 Å². The van der Waals surface area contributed by atoms with Crippen molar-refractivity contribution in [2.24, 2.45) is 10.9 Å². The van der Waals surface area contributed by atoms with Gasteiger partial charge in [0.15, 0.2) is 5.96 Å². The van der Waals surface area contributed by atoms with Gasteiger partial charge >= 0.3 is 0 Å². The van der Waals surface area contributed by atoms with E-state index < -0.39 is 0 Å². The Labute approximate surface area is 179 Å². The van der Waals surface area contributed by atoms with E-state index in [9.17, 15) is 4.79 Å². The summed E-state index contributed by atoms with van der Waals surface area (Å²) in [6.45, 7) is 8.59. The first-order valence-electron chi connectivity index (χ1n) is 9.50. The van der Waals surface area contributed by atoms with E-state index in [1.807, 2.05) is 25.1 Å². The lowest BCUT2D eigenvalue weighted by Gasteiger charge is -2.26. The summed E-state index contributed by atoms with van der Waals surface area (Å²) in [5.41, 5.74) is 2.08. The molecule has 0 saturated heterocycles. The minimum absolute atomic E-state index is 0. The normalized spacial score (nSPS) is 17.6. The molecule has 27 heavy (non-hydrogen) atoms. The van der Waals surface area contributed by atoms with Crippen molar-refractivity contribution in [2.75, 3.05) is 32.1 Å². The van der Waals surface area contributed by atoms with Crippen LogP contribution in [-0.2, 0) is 9.53 Å². The molecule has 152 valence electrons. The van der Waals surface area contributed by atoms with E-state index in [1.54, 1.807) is 7.05 Å². The molecule has 2 rings (SSSR count). The van der Waals surface area contributed by atoms with Crippen molar-refractivity contribution in [2.45, 2.75) is 45.6 Å². The Morgan fingerprint density at radius 2 is 2.07 bits per heavy atom. The van der Waals surface area contributed by atoms with Crippen LogP contribution in [-0.4, -0.2) is 44.7 Å². The van der Waals surface area contributed by atoms with Gasteiger partial charge in [0.05, 0.1) is 6.10 Å². The summed E-state index contributed by atoms with van der Waals surface area (Å²) in [6.07, 6.45) is 1.67. The van der Waals surface area contributed by atoms with Crippen molar-refractivity contribution >= 4 is 41.5 Å². The molecule has 1 aromatic carbocycles. The van der Waals surface area contributed by atoms with E-state index in [-0.39, 0.29) is 41.9 Å². The van der Waals surface area contributed by atoms with Crippen LogP contribution in [0.1, 0.15) is 45.1 Å². The molecule has 7 heteroatoms. The Balaban J connectivity index is 0.00000364. The van der Waals surface area contributed by atoms with E-state index in [0.29, 0.717) is 18.9 Å². The summed E-state index contributed by atoms with van der Waals surface area (Å²) in [7, 11) is 1.76. The Bertz CT molecular complexity index is 622. The number of guanidine groups is 1. The zero-order valence-corrected chi connectivity index (χ0v) is 19.1. The second-order valence-electron chi connectivity index (χ2n) is 6.94. The van der Waals surface area contributed by atoms with Crippen molar-refractivity contribution < 1.29 is 9.53 Å². The second-order valence-corrected chi connectivity index (χ2v) is 6.94. The number of hydrogen-bond acceptors (Lipinski definition) is 3. The molecule has 2 atom stereocenters. The maximum atomic E-state index is 11.9. The van der Waals surface area contributed by atoms with Gasteiger partial charge in [-0.3, -0.25) is 9.79 Å². The van der Waals surface area contributed by atoms with Gasteiger partial charge in [-0.1, -0.05) is 32.0 Å². The third-order valence-electron chi connectivity index (χ3n) is 4.69. The monoisotopic (exact) mass is 488 g/mol. The van der Waals surface area contributed by atoms with Gasteiger partial charge in [0.1, 0.15) is 0 Å². The number of halogens is 1. The fraction of sp³-hybridized carbons (Fsp3) is 0.600. The molecule has 3 N–H and O–H groups in total. The number of hydrogen-bond donors (Lipinski definition) is 3. The molecule has 0 spiro atoms. The lowest BCUT2D eigenvalue weighted by molar-refractivity contribution is -0.116. The summed E-state index contributed by atoms with van der Waals surface area (Å²) in [5.74, 6) is 1.46. The van der Waals surface area contributed by atoms with Crippen LogP contribution in [0.5, 0.6) is 0 Å². The average Bonchev–Trinajstić information content (AvgIpc) is 2.63. The SMILES string of the molecule is CCOC(CCNC(=NC)NCC1CC(=O)Nc2ccccc21)C(C)C.I. The minimum atomic E-state index is 0. The molecule has 6 nitrogen and oxygen atoms in total. The second kappa shape index (κ2) is 12.2. The quantitative estimate of drug-likeness (QED) is 0.298. The van der Waals surface area contributed by atoms with Gasteiger partial charge in [-0.15, -0.1) is 24.0 Å². The number of aliphatic imine (C=N–C) groups is 1. The van der Waals surface area contributed by atoms with Crippen LogP contribution in [0.25, 0.3) is 0 Å². The van der Waals surface area contributed by atoms with Crippen LogP contribution in [0.2, 0.25) is 0 Å². The summed E-state index contributed by atoms with van der Waals surface area (Å²) >= 11 is 0. The number of benzene rings is 1. The summed E-state index contributed by atoms with van der Waals surface area (Å²) in [6, 6.07) is 7.98. The molecule has 1 amide bonds. The highest BCUT2D eigenvalue weighted by atomic mass is 127. The van der Waals surface area contributed by atoms with Gasteiger partial charge in [-0.2, -0.15) is 0 Å². The number of nitrogens with zero attached hydrogens (tertiary/aromatic N) is 1. The largest absolute Gasteiger partial charge is 0.378 e. The fourth-order valence-corrected chi connectivity index (χ4v) is 3.28. The van der Waals surface area contributed by atoms with Gasteiger partial charge in [-0.05, 0) is 30.9 Å². The maximum absolute atomic E-state index is 11.9. The highest BCUT2D eigenvalue weighted by Crippen LogP contribution is 2.31. The average molecular weight is 488 g/mol. The van der Waals surface area contributed by atoms with Crippen molar-refractivity contribution in [1.82, 2.24) is 10.6 Å². The number of fused-ring (bicyclic) bond motifs is 1. The molecular formula is C20H33IN4O2. The fourth-order valence-electron chi connectivity index (χ4n) is 3.28. The Morgan fingerprint density at radius 3 is 2.74 bits per heavy atom. The van der Waals surface area contributed by atoms with Crippen LogP contribution in [0.15, 0.2) is 29.3 Å². The van der Waals surface area contributed by atoms with Crippen LogP contribution in [0.3, 0.4) is 0 Å². The highest BCUT2D eigenvalue weighted by molar-refractivity contribution is 14.0. The van der Waals surface area contributed by atoms with E-state index in [1.165, 1.54) is 5.56 Å². The van der Waals surface area contributed by atoms with Crippen LogP contribution >= 0.6 is 24.0 Å². The molecule has 0 aromatic heterocycles. The van der Waals surface area contributed by atoms with Crippen LogP contribution in [0.4, 0.5) is 5.69 Å². The van der Waals surface area contributed by atoms with Crippen molar-refractivity contribution in [3.8, 4) is 0 Å². The molecule has 0 saturated carbocycles. The third-order valence-corrected chi connectivity index (χ3v) is 4.69. The van der Waals surface area contributed by atoms with E-state index >= 15 is 0 Å². The number of ether oxygens (including phenoxy) is 1. The van der Waals surface area contributed by atoms with Crippen molar-refractivity contribution in [1.29, 1.82) is 0 Å². The van der Waals surface area contributed by atoms with Gasteiger partial charge in [-0.25, -0.2) is 0 Å². The van der Waals surface area contributed by atoms with E-state index in [4.69, 9.17) is 4.74 Å². The van der Waals surface area contributed by atoms with E-state index in [2.05, 4.69) is 40.9 Å². The van der Waals surface area contributed by atoms with Crippen molar-refractivity contribution in [3.63, 3.8) is 0 Å². The molecule has 1 aromatic rings. The summed E-state index contributed by atoms with van der Waals surface area (Å²) in [4.78, 5) is 16.2. The zero-order valence-electron chi connectivity index (χ0n) is 16.7.